The summed E-state index contributed by atoms with van der Waals surface area (Å²) >= 11 is 17.4. The monoisotopic (exact) mass is 355 g/mol. The van der Waals surface area contributed by atoms with Crippen LogP contribution in [0.25, 0.3) is 0 Å². The molecule has 0 bridgehead atoms. The summed E-state index contributed by atoms with van der Waals surface area (Å²) in [7, 11) is 0. The topological polar surface area (TPSA) is 52.4 Å². The molecular weight excluding hydrogens is 341 g/mol. The van der Waals surface area contributed by atoms with Crippen molar-refractivity contribution in [3.8, 4) is 5.75 Å². The van der Waals surface area contributed by atoms with Gasteiger partial charge >= 0.3 is 6.00 Å². The first-order valence-corrected chi connectivity index (χ1v) is 11.6. The van der Waals surface area contributed by atoms with Crippen molar-refractivity contribution in [2.24, 2.45) is 0 Å². The third-order valence-electron chi connectivity index (χ3n) is 2.67. The molecule has 1 aromatic carbocycles. The zero-order chi connectivity index (χ0) is 15.0. The van der Waals surface area contributed by atoms with Gasteiger partial charge in [0.25, 0.3) is 5.69 Å². The Bertz CT molecular complexity index is 423. The van der Waals surface area contributed by atoms with E-state index < -0.39 is 10.9 Å². The lowest BCUT2D eigenvalue weighted by Gasteiger charge is -2.08. The smallest absolute Gasteiger partial charge is 0.341 e. The van der Waals surface area contributed by atoms with Crippen LogP contribution in [0.1, 0.15) is 25.7 Å². The molecule has 4 nitrogen and oxygen atoms in total. The minimum absolute atomic E-state index is 0.0632. The molecule has 0 amide bonds. The Kier molecular flexibility index (Phi) is 7.65. The van der Waals surface area contributed by atoms with Crippen molar-refractivity contribution in [2.75, 3.05) is 6.61 Å². The molecule has 0 saturated carbocycles. The molecule has 0 atom stereocenters. The largest absolute Gasteiger partial charge is 0.494 e. The van der Waals surface area contributed by atoms with E-state index in [0.717, 1.165) is 25.7 Å². The molecule has 0 aliphatic rings. The molecule has 8 heteroatoms. The molecule has 0 aliphatic carbocycles. The first-order valence-electron chi connectivity index (χ1n) is 6.32. The van der Waals surface area contributed by atoms with Gasteiger partial charge in [0, 0.05) is 12.1 Å². The van der Waals surface area contributed by atoms with Crippen molar-refractivity contribution in [3.63, 3.8) is 0 Å². The minimum atomic E-state index is -2.46. The van der Waals surface area contributed by atoms with Gasteiger partial charge in [-0.1, -0.05) is 19.3 Å². The highest BCUT2D eigenvalue weighted by molar-refractivity contribution is 7.64. The van der Waals surface area contributed by atoms with E-state index in [4.69, 9.17) is 38.0 Å². The second kappa shape index (κ2) is 8.72. The van der Waals surface area contributed by atoms with Crippen molar-refractivity contribution in [2.45, 2.75) is 31.7 Å². The lowest BCUT2D eigenvalue weighted by molar-refractivity contribution is -0.384. The summed E-state index contributed by atoms with van der Waals surface area (Å²) in [5.41, 5.74) is 0.0632. The Morgan fingerprint density at radius 2 is 1.65 bits per heavy atom. The normalized spacial score (nSPS) is 11.3. The molecule has 20 heavy (non-hydrogen) atoms. The lowest BCUT2D eigenvalue weighted by Crippen LogP contribution is -2.07. The van der Waals surface area contributed by atoms with Crippen molar-refractivity contribution in [1.82, 2.24) is 0 Å². The zero-order valence-corrected chi connectivity index (χ0v) is 14.1. The number of nitro groups is 1. The van der Waals surface area contributed by atoms with Crippen LogP contribution in [-0.2, 0) is 0 Å². The summed E-state index contributed by atoms with van der Waals surface area (Å²) in [5.74, 6) is 0.643. The highest BCUT2D eigenvalue weighted by Gasteiger charge is 2.23. The number of halogens is 3. The Balaban J connectivity index is 2.11. The van der Waals surface area contributed by atoms with Crippen molar-refractivity contribution >= 4 is 44.9 Å². The highest BCUT2D eigenvalue weighted by atomic mass is 35.8. The van der Waals surface area contributed by atoms with Gasteiger partial charge in [-0.25, -0.2) is 0 Å². The van der Waals surface area contributed by atoms with Gasteiger partial charge in [-0.2, -0.15) is 0 Å². The molecule has 0 N–H and O–H groups in total. The van der Waals surface area contributed by atoms with Gasteiger partial charge in [-0.3, -0.25) is 10.1 Å². The number of benzene rings is 1. The van der Waals surface area contributed by atoms with E-state index >= 15 is 0 Å². The molecule has 112 valence electrons. The number of unbranched alkanes of at least 4 members (excludes halogenated alkanes) is 3. The number of hydrogen-bond donors (Lipinski definition) is 0. The lowest BCUT2D eigenvalue weighted by atomic mass is 10.2. The molecular formula is C12H16Cl3NO3Si. The fourth-order valence-electron chi connectivity index (χ4n) is 1.64. The summed E-state index contributed by atoms with van der Waals surface area (Å²) < 4.78 is 5.50. The molecule has 1 aromatic rings. The van der Waals surface area contributed by atoms with E-state index in [1.807, 2.05) is 0 Å². The summed E-state index contributed by atoms with van der Waals surface area (Å²) in [6.45, 7) is 0.586. The van der Waals surface area contributed by atoms with Crippen LogP contribution in [0.3, 0.4) is 0 Å². The molecule has 0 radical (unpaired) electrons. The standard InChI is InChI=1S/C12H16Cl3NO3Si/c13-20(14,15)10-4-2-1-3-9-19-12-7-5-11(6-8-12)16(17)18/h5-8H,1-4,9-10H2. The van der Waals surface area contributed by atoms with Gasteiger partial charge in [0.05, 0.1) is 11.5 Å². The predicted molar refractivity (Wildman–Crippen MR) is 85.2 cm³/mol. The Hall–Kier alpha value is -0.493. The first kappa shape index (κ1) is 17.6. The number of hydrogen-bond acceptors (Lipinski definition) is 3. The predicted octanol–water partition coefficient (Wildman–Crippen LogP) is 5.19. The van der Waals surface area contributed by atoms with E-state index in [9.17, 15) is 10.1 Å². The quantitative estimate of drug-likeness (QED) is 0.201. The van der Waals surface area contributed by atoms with Crippen LogP contribution < -0.4 is 4.74 Å². The van der Waals surface area contributed by atoms with Crippen molar-refractivity contribution in [3.05, 3.63) is 34.4 Å². The molecule has 0 aliphatic heterocycles. The molecule has 0 heterocycles. The summed E-state index contributed by atoms with van der Waals surface area (Å²) in [5, 5.41) is 10.5. The van der Waals surface area contributed by atoms with Gasteiger partial charge < -0.3 is 4.74 Å². The van der Waals surface area contributed by atoms with Gasteiger partial charge in [0.1, 0.15) is 5.75 Å². The second-order valence-electron chi connectivity index (χ2n) is 4.38. The number of nitrogens with zero attached hydrogens (tertiary/aromatic N) is 1. The molecule has 0 aromatic heterocycles. The van der Waals surface area contributed by atoms with Gasteiger partial charge in [0.2, 0.25) is 0 Å². The molecule has 0 saturated heterocycles. The van der Waals surface area contributed by atoms with Crippen LogP contribution in [0, 0.1) is 10.1 Å². The third kappa shape index (κ3) is 7.94. The summed E-state index contributed by atoms with van der Waals surface area (Å²) in [4.78, 5) is 10.1. The first-order chi connectivity index (χ1) is 9.38. The van der Waals surface area contributed by atoms with E-state index in [1.165, 1.54) is 12.1 Å². The Labute approximate surface area is 133 Å². The average molecular weight is 357 g/mol. The maximum absolute atomic E-state index is 10.5. The number of rotatable bonds is 9. The van der Waals surface area contributed by atoms with Gasteiger partial charge in [-0.15, -0.1) is 33.2 Å². The molecule has 0 unspecified atom stereocenters. The van der Waals surface area contributed by atoms with Crippen LogP contribution >= 0.6 is 33.2 Å². The maximum atomic E-state index is 10.5. The zero-order valence-electron chi connectivity index (χ0n) is 10.9. The number of nitro benzene ring substituents is 1. The second-order valence-corrected chi connectivity index (χ2v) is 13.7. The van der Waals surface area contributed by atoms with Crippen LogP contribution in [0.5, 0.6) is 5.75 Å². The van der Waals surface area contributed by atoms with E-state index in [0.29, 0.717) is 18.4 Å². The third-order valence-corrected chi connectivity index (χ3v) is 5.29. The number of non-ortho nitro benzene ring substituents is 1. The summed E-state index contributed by atoms with van der Waals surface area (Å²) in [6.07, 6.45) is 3.88. The van der Waals surface area contributed by atoms with Gasteiger partial charge in [-0.05, 0) is 24.6 Å². The fourth-order valence-corrected chi connectivity index (χ4v) is 3.49. The fraction of sp³-hybridized carbons (Fsp3) is 0.500. The van der Waals surface area contributed by atoms with Crippen molar-refractivity contribution in [1.29, 1.82) is 0 Å². The molecule has 0 fully saturated rings. The molecule has 0 spiro atoms. The average Bonchev–Trinajstić information content (AvgIpc) is 2.37. The Morgan fingerprint density at radius 3 is 2.20 bits per heavy atom. The van der Waals surface area contributed by atoms with Crippen LogP contribution in [0.4, 0.5) is 5.69 Å². The van der Waals surface area contributed by atoms with E-state index in [2.05, 4.69) is 0 Å². The summed E-state index contributed by atoms with van der Waals surface area (Å²) in [6, 6.07) is 4.30. The highest BCUT2D eigenvalue weighted by Crippen LogP contribution is 2.27. The van der Waals surface area contributed by atoms with Crippen molar-refractivity contribution < 1.29 is 9.66 Å². The number of ether oxygens (including phenoxy) is 1. The van der Waals surface area contributed by atoms with Gasteiger partial charge in [0.15, 0.2) is 0 Å². The van der Waals surface area contributed by atoms with E-state index in [1.54, 1.807) is 12.1 Å². The minimum Gasteiger partial charge on any atom is -0.494 e. The maximum Gasteiger partial charge on any atom is 0.341 e. The SMILES string of the molecule is O=[N+]([O-])c1ccc(OCCCCCC[Si](Cl)(Cl)Cl)cc1. The Morgan fingerprint density at radius 1 is 1.05 bits per heavy atom. The van der Waals surface area contributed by atoms with Crippen LogP contribution in [0.15, 0.2) is 24.3 Å². The molecule has 1 rings (SSSR count). The van der Waals surface area contributed by atoms with Crippen LogP contribution in [-0.4, -0.2) is 17.5 Å². The van der Waals surface area contributed by atoms with Crippen LogP contribution in [0.2, 0.25) is 6.04 Å². The van der Waals surface area contributed by atoms with E-state index in [-0.39, 0.29) is 5.69 Å².